The first-order valence-electron chi connectivity index (χ1n) is 12.9. The molecule has 0 aliphatic carbocycles. The molecular formula is C30H41N3O2. The van der Waals surface area contributed by atoms with Crippen molar-refractivity contribution >= 4 is 17.5 Å². The Kier molecular flexibility index (Phi) is 10.1. The number of benzene rings is 2. The van der Waals surface area contributed by atoms with Crippen molar-refractivity contribution in [3.05, 3.63) is 65.2 Å². The Hall–Kier alpha value is -2.95. The Bertz CT molecular complexity index is 1030. The molecule has 5 nitrogen and oxygen atoms in total. The quantitative estimate of drug-likeness (QED) is 0.257. The number of likely N-dealkylation sites (tertiary alicyclic amines) is 1. The summed E-state index contributed by atoms with van der Waals surface area (Å²) in [6.45, 7) is 8.51. The zero-order chi connectivity index (χ0) is 25.2. The van der Waals surface area contributed by atoms with E-state index in [2.05, 4.69) is 48.9 Å². The Balaban J connectivity index is 1.57. The molecule has 35 heavy (non-hydrogen) atoms. The van der Waals surface area contributed by atoms with Crippen LogP contribution < -0.4 is 4.74 Å². The molecule has 1 aliphatic rings. The third-order valence-corrected chi connectivity index (χ3v) is 7.25. The highest BCUT2D eigenvalue weighted by molar-refractivity contribution is 5.97. The maximum Gasteiger partial charge on any atom is 0.162 e. The van der Waals surface area contributed by atoms with Gasteiger partial charge < -0.3 is 9.64 Å². The van der Waals surface area contributed by atoms with Gasteiger partial charge in [0, 0.05) is 38.5 Å². The molecule has 0 N–H and O–H groups in total. The fourth-order valence-electron chi connectivity index (χ4n) is 4.92. The van der Waals surface area contributed by atoms with E-state index in [4.69, 9.17) is 9.73 Å². The second-order valence-corrected chi connectivity index (χ2v) is 9.67. The molecule has 2 aromatic rings. The second kappa shape index (κ2) is 13.2. The first-order valence-corrected chi connectivity index (χ1v) is 12.9. The Morgan fingerprint density at radius 3 is 2.60 bits per heavy atom. The SMILES string of the molecule is CCc1ccc(C(=O)CCC2CCCN(C(C)=NC(Cc3cccc(OC)c3)=NC)CC2C)cc1. The van der Waals surface area contributed by atoms with Crippen LogP contribution in [0.5, 0.6) is 5.75 Å². The highest BCUT2D eigenvalue weighted by Crippen LogP contribution is 2.28. The maximum atomic E-state index is 12.7. The van der Waals surface area contributed by atoms with E-state index in [1.807, 2.05) is 30.3 Å². The van der Waals surface area contributed by atoms with Crippen LogP contribution in [-0.2, 0) is 12.8 Å². The maximum absolute atomic E-state index is 12.7. The van der Waals surface area contributed by atoms with Gasteiger partial charge in [0.1, 0.15) is 17.4 Å². The number of carbonyl (C=O) groups excluding carboxylic acids is 1. The fourth-order valence-corrected chi connectivity index (χ4v) is 4.92. The lowest BCUT2D eigenvalue weighted by molar-refractivity contribution is 0.0968. The summed E-state index contributed by atoms with van der Waals surface area (Å²) in [5.74, 6) is 4.03. The van der Waals surface area contributed by atoms with Crippen LogP contribution in [0, 0.1) is 11.8 Å². The van der Waals surface area contributed by atoms with Crippen LogP contribution >= 0.6 is 0 Å². The van der Waals surface area contributed by atoms with Gasteiger partial charge in [0.25, 0.3) is 0 Å². The summed E-state index contributed by atoms with van der Waals surface area (Å²) < 4.78 is 5.35. The van der Waals surface area contributed by atoms with Crippen LogP contribution in [-0.4, -0.2) is 49.6 Å². The van der Waals surface area contributed by atoms with Crippen molar-refractivity contribution < 1.29 is 9.53 Å². The number of aliphatic imine (C=N–C) groups is 2. The normalized spacial score (nSPS) is 19.4. The van der Waals surface area contributed by atoms with Crippen LogP contribution in [0.3, 0.4) is 0 Å². The molecule has 188 valence electrons. The molecule has 3 rings (SSSR count). The average molecular weight is 476 g/mol. The Labute approximate surface area is 211 Å². The lowest BCUT2D eigenvalue weighted by Gasteiger charge is -2.27. The molecule has 5 heteroatoms. The van der Waals surface area contributed by atoms with Gasteiger partial charge in [-0.3, -0.25) is 9.79 Å². The summed E-state index contributed by atoms with van der Waals surface area (Å²) in [4.78, 5) is 24.5. The van der Waals surface area contributed by atoms with Gasteiger partial charge in [0.2, 0.25) is 0 Å². The number of amidine groups is 2. The third-order valence-electron chi connectivity index (χ3n) is 7.25. The largest absolute Gasteiger partial charge is 0.497 e. The number of rotatable bonds is 8. The van der Waals surface area contributed by atoms with Crippen molar-refractivity contribution in [1.29, 1.82) is 0 Å². The van der Waals surface area contributed by atoms with E-state index in [1.54, 1.807) is 14.2 Å². The number of carbonyl (C=O) groups is 1. The van der Waals surface area contributed by atoms with Gasteiger partial charge in [0.15, 0.2) is 5.78 Å². The van der Waals surface area contributed by atoms with E-state index in [1.165, 1.54) is 5.56 Å². The van der Waals surface area contributed by atoms with Crippen LogP contribution in [0.4, 0.5) is 0 Å². The molecule has 2 atom stereocenters. The third kappa shape index (κ3) is 7.78. The summed E-state index contributed by atoms with van der Waals surface area (Å²) in [6, 6.07) is 16.2. The van der Waals surface area contributed by atoms with Crippen LogP contribution in [0.15, 0.2) is 58.5 Å². The van der Waals surface area contributed by atoms with E-state index < -0.39 is 0 Å². The summed E-state index contributed by atoms with van der Waals surface area (Å²) in [5.41, 5.74) is 3.26. The molecule has 2 aromatic carbocycles. The molecule has 0 amide bonds. The Morgan fingerprint density at radius 2 is 1.91 bits per heavy atom. The number of hydrogen-bond donors (Lipinski definition) is 0. The lowest BCUT2D eigenvalue weighted by Crippen LogP contribution is -2.34. The molecule has 1 fully saturated rings. The smallest absolute Gasteiger partial charge is 0.162 e. The van der Waals surface area contributed by atoms with Crippen molar-refractivity contribution in [2.24, 2.45) is 21.8 Å². The molecule has 0 radical (unpaired) electrons. The minimum atomic E-state index is 0.264. The topological polar surface area (TPSA) is 54.3 Å². The standard InChI is InChI=1S/C30H41N3O2/c1-6-24-12-14-27(15-13-24)29(34)17-16-26-10-8-18-33(21-22(26)2)23(3)32-30(31-4)20-25-9-7-11-28(19-25)35-5/h7,9,11-15,19,22,26H,6,8,10,16-18,20-21H2,1-5H3. The highest BCUT2D eigenvalue weighted by Gasteiger charge is 2.25. The Morgan fingerprint density at radius 1 is 1.14 bits per heavy atom. The number of Topliss-reactive ketones (excluding diaryl/α,β-unsaturated/α-hetero) is 1. The molecule has 0 saturated carbocycles. The monoisotopic (exact) mass is 475 g/mol. The van der Waals surface area contributed by atoms with Gasteiger partial charge in [-0.05, 0) is 67.7 Å². The highest BCUT2D eigenvalue weighted by atomic mass is 16.5. The number of hydrogen-bond acceptors (Lipinski definition) is 3. The predicted octanol–water partition coefficient (Wildman–Crippen LogP) is 6.26. The molecule has 0 bridgehead atoms. The second-order valence-electron chi connectivity index (χ2n) is 9.67. The van der Waals surface area contributed by atoms with Crippen LogP contribution in [0.1, 0.15) is 67.9 Å². The number of aryl methyl sites for hydroxylation is 1. The zero-order valence-corrected chi connectivity index (χ0v) is 22.1. The number of ether oxygens (including phenoxy) is 1. The van der Waals surface area contributed by atoms with Gasteiger partial charge >= 0.3 is 0 Å². The first-order chi connectivity index (χ1) is 16.9. The predicted molar refractivity (Wildman–Crippen MR) is 146 cm³/mol. The number of nitrogens with zero attached hydrogens (tertiary/aromatic N) is 3. The van der Waals surface area contributed by atoms with Crippen molar-refractivity contribution in [2.45, 2.75) is 59.3 Å². The fraction of sp³-hybridized carbons (Fsp3) is 0.500. The van der Waals surface area contributed by atoms with Crippen molar-refractivity contribution in [1.82, 2.24) is 4.90 Å². The van der Waals surface area contributed by atoms with E-state index >= 15 is 0 Å². The van der Waals surface area contributed by atoms with Crippen molar-refractivity contribution in [3.63, 3.8) is 0 Å². The van der Waals surface area contributed by atoms with Gasteiger partial charge in [-0.25, -0.2) is 4.99 Å². The molecular weight excluding hydrogens is 434 g/mol. The summed E-state index contributed by atoms with van der Waals surface area (Å²) in [5, 5.41) is 0. The van der Waals surface area contributed by atoms with E-state index in [0.29, 0.717) is 24.7 Å². The average Bonchev–Trinajstić information content (AvgIpc) is 3.08. The summed E-state index contributed by atoms with van der Waals surface area (Å²) >= 11 is 0. The number of ketones is 1. The lowest BCUT2D eigenvalue weighted by atomic mass is 9.85. The number of methoxy groups -OCH3 is 1. The van der Waals surface area contributed by atoms with E-state index in [-0.39, 0.29) is 5.78 Å². The van der Waals surface area contributed by atoms with Crippen LogP contribution in [0.2, 0.25) is 0 Å². The van der Waals surface area contributed by atoms with Crippen LogP contribution in [0.25, 0.3) is 0 Å². The van der Waals surface area contributed by atoms with Gasteiger partial charge in [-0.2, -0.15) is 0 Å². The molecule has 1 saturated heterocycles. The van der Waals surface area contributed by atoms with Gasteiger partial charge in [-0.15, -0.1) is 0 Å². The molecule has 0 spiro atoms. The molecule has 1 aliphatic heterocycles. The molecule has 1 heterocycles. The van der Waals surface area contributed by atoms with E-state index in [0.717, 1.165) is 67.3 Å². The first kappa shape index (κ1) is 26.7. The zero-order valence-electron chi connectivity index (χ0n) is 22.1. The summed E-state index contributed by atoms with van der Waals surface area (Å²) in [6.07, 6.45) is 5.54. The van der Waals surface area contributed by atoms with Gasteiger partial charge in [0.05, 0.1) is 7.11 Å². The van der Waals surface area contributed by atoms with E-state index in [9.17, 15) is 4.79 Å². The van der Waals surface area contributed by atoms with Gasteiger partial charge in [-0.1, -0.05) is 50.2 Å². The van der Waals surface area contributed by atoms with Crippen molar-refractivity contribution in [3.8, 4) is 5.75 Å². The minimum absolute atomic E-state index is 0.264. The summed E-state index contributed by atoms with van der Waals surface area (Å²) in [7, 11) is 3.49. The molecule has 2 unspecified atom stereocenters. The minimum Gasteiger partial charge on any atom is -0.497 e. The van der Waals surface area contributed by atoms with Crippen molar-refractivity contribution in [2.75, 3.05) is 27.2 Å². The molecule has 0 aromatic heterocycles.